The Bertz CT molecular complexity index is 609. The van der Waals surface area contributed by atoms with E-state index in [9.17, 15) is 4.79 Å². The summed E-state index contributed by atoms with van der Waals surface area (Å²) in [5, 5.41) is 3.17. The maximum atomic E-state index is 13.1. The van der Waals surface area contributed by atoms with Crippen molar-refractivity contribution >= 4 is 5.91 Å². The van der Waals surface area contributed by atoms with Crippen LogP contribution in [-0.2, 0) is 10.2 Å². The van der Waals surface area contributed by atoms with Crippen molar-refractivity contribution in [3.63, 3.8) is 0 Å². The normalized spacial score (nSPS) is 15.4. The molecule has 3 rings (SSSR count). The second kappa shape index (κ2) is 7.63. The van der Waals surface area contributed by atoms with Crippen molar-refractivity contribution in [1.82, 2.24) is 10.2 Å². The van der Waals surface area contributed by atoms with Crippen molar-refractivity contribution in [2.45, 2.75) is 25.2 Å². The first-order chi connectivity index (χ1) is 11.7. The van der Waals surface area contributed by atoms with Gasteiger partial charge in [0.05, 0.1) is 5.41 Å². The van der Waals surface area contributed by atoms with Gasteiger partial charge in [-0.3, -0.25) is 4.79 Å². The number of nitrogens with one attached hydrogen (secondary N) is 1. The van der Waals surface area contributed by atoms with E-state index in [0.717, 1.165) is 30.8 Å². The number of hydrogen-bond donors (Lipinski definition) is 1. The molecule has 2 aromatic carbocycles. The maximum absolute atomic E-state index is 13.1. The van der Waals surface area contributed by atoms with Crippen LogP contribution < -0.4 is 5.32 Å². The van der Waals surface area contributed by atoms with E-state index < -0.39 is 5.41 Å². The molecular weight excluding hydrogens is 296 g/mol. The molecule has 0 atom stereocenters. The summed E-state index contributed by atoms with van der Waals surface area (Å²) in [4.78, 5) is 15.5. The van der Waals surface area contributed by atoms with E-state index in [1.54, 1.807) is 0 Å². The van der Waals surface area contributed by atoms with Crippen LogP contribution in [-0.4, -0.2) is 37.0 Å². The Kier molecular flexibility index (Phi) is 5.31. The zero-order valence-electron chi connectivity index (χ0n) is 14.4. The summed E-state index contributed by atoms with van der Waals surface area (Å²) in [5.74, 6) is 0.0686. The van der Waals surface area contributed by atoms with Crippen LogP contribution in [0.1, 0.15) is 30.9 Å². The van der Waals surface area contributed by atoms with Gasteiger partial charge in [-0.05, 0) is 44.0 Å². The minimum Gasteiger partial charge on any atom is -0.354 e. The number of benzene rings is 2. The zero-order chi connectivity index (χ0) is 16.8. The van der Waals surface area contributed by atoms with Crippen molar-refractivity contribution in [3.05, 3.63) is 71.8 Å². The Morgan fingerprint density at radius 3 is 1.96 bits per heavy atom. The highest BCUT2D eigenvalue weighted by Gasteiger charge is 2.36. The predicted octanol–water partition coefficient (Wildman–Crippen LogP) is 3.20. The lowest BCUT2D eigenvalue weighted by atomic mass is 9.75. The van der Waals surface area contributed by atoms with Gasteiger partial charge in [0, 0.05) is 13.1 Å². The zero-order valence-corrected chi connectivity index (χ0v) is 14.4. The van der Waals surface area contributed by atoms with E-state index in [4.69, 9.17) is 0 Å². The molecule has 0 bridgehead atoms. The van der Waals surface area contributed by atoms with Gasteiger partial charge in [-0.15, -0.1) is 0 Å². The molecule has 24 heavy (non-hydrogen) atoms. The summed E-state index contributed by atoms with van der Waals surface area (Å²) in [6.45, 7) is 5.97. The number of nitrogens with zero attached hydrogens (tertiary/aromatic N) is 1. The number of carbonyl (C=O) groups is 1. The molecule has 1 aliphatic rings. The molecule has 0 radical (unpaired) electrons. The molecule has 3 nitrogen and oxygen atoms in total. The highest BCUT2D eigenvalue weighted by molar-refractivity contribution is 5.91. The van der Waals surface area contributed by atoms with Gasteiger partial charge in [-0.1, -0.05) is 60.7 Å². The van der Waals surface area contributed by atoms with Gasteiger partial charge in [-0.2, -0.15) is 0 Å². The van der Waals surface area contributed by atoms with Crippen LogP contribution in [0.25, 0.3) is 0 Å². The fraction of sp³-hybridized carbons (Fsp3) is 0.381. The lowest BCUT2D eigenvalue weighted by molar-refractivity contribution is -0.124. The summed E-state index contributed by atoms with van der Waals surface area (Å²) in [7, 11) is 0. The van der Waals surface area contributed by atoms with Crippen LogP contribution in [0, 0.1) is 0 Å². The molecule has 1 N–H and O–H groups in total. The Balaban J connectivity index is 1.78. The largest absolute Gasteiger partial charge is 0.354 e. The number of amides is 1. The maximum Gasteiger partial charge on any atom is 0.234 e. The third-order valence-corrected chi connectivity index (χ3v) is 5.07. The van der Waals surface area contributed by atoms with E-state index in [1.165, 1.54) is 12.8 Å². The highest BCUT2D eigenvalue weighted by atomic mass is 16.2. The molecule has 2 aromatic rings. The summed E-state index contributed by atoms with van der Waals surface area (Å²) in [5.41, 5.74) is 1.37. The van der Waals surface area contributed by atoms with Crippen molar-refractivity contribution in [1.29, 1.82) is 0 Å². The Labute approximate surface area is 144 Å². The number of rotatable bonds is 6. The minimum atomic E-state index is -0.673. The molecule has 0 aromatic heterocycles. The quantitative estimate of drug-likeness (QED) is 0.886. The summed E-state index contributed by atoms with van der Waals surface area (Å²) in [6.07, 6.45) is 2.55. The molecule has 0 aliphatic carbocycles. The van der Waals surface area contributed by atoms with Gasteiger partial charge in [-0.25, -0.2) is 0 Å². The summed E-state index contributed by atoms with van der Waals surface area (Å²) in [6, 6.07) is 20.1. The molecule has 1 saturated heterocycles. The highest BCUT2D eigenvalue weighted by Crippen LogP contribution is 2.32. The smallest absolute Gasteiger partial charge is 0.234 e. The molecular formula is C21H26N2O. The van der Waals surface area contributed by atoms with E-state index in [0.29, 0.717) is 6.54 Å². The third kappa shape index (κ3) is 3.51. The molecule has 1 amide bonds. The number of carbonyl (C=O) groups excluding carboxylic acids is 1. The predicted molar refractivity (Wildman–Crippen MR) is 98.0 cm³/mol. The Morgan fingerprint density at radius 2 is 1.46 bits per heavy atom. The van der Waals surface area contributed by atoms with Crippen LogP contribution in [0.3, 0.4) is 0 Å². The monoisotopic (exact) mass is 322 g/mol. The van der Waals surface area contributed by atoms with E-state index in [2.05, 4.69) is 10.2 Å². The third-order valence-electron chi connectivity index (χ3n) is 5.07. The average molecular weight is 322 g/mol. The molecule has 0 unspecified atom stereocenters. The van der Waals surface area contributed by atoms with E-state index in [-0.39, 0.29) is 5.91 Å². The Hall–Kier alpha value is -2.13. The molecule has 1 aliphatic heterocycles. The molecule has 1 heterocycles. The van der Waals surface area contributed by atoms with Crippen molar-refractivity contribution in [2.75, 3.05) is 26.2 Å². The fourth-order valence-corrected chi connectivity index (χ4v) is 3.48. The first-order valence-corrected chi connectivity index (χ1v) is 8.83. The van der Waals surface area contributed by atoms with Crippen molar-refractivity contribution in [3.8, 4) is 0 Å². The molecule has 0 saturated carbocycles. The van der Waals surface area contributed by atoms with Crippen LogP contribution in [0.15, 0.2) is 60.7 Å². The SMILES string of the molecule is CC(C(=O)NCCN1CCCC1)(c1ccccc1)c1ccccc1. The molecule has 1 fully saturated rings. The molecule has 3 heteroatoms. The average Bonchev–Trinajstić information content (AvgIpc) is 3.16. The summed E-state index contributed by atoms with van der Waals surface area (Å²) >= 11 is 0. The molecule has 0 spiro atoms. The minimum absolute atomic E-state index is 0.0686. The van der Waals surface area contributed by atoms with Gasteiger partial charge < -0.3 is 10.2 Å². The fourth-order valence-electron chi connectivity index (χ4n) is 3.48. The van der Waals surface area contributed by atoms with Crippen LogP contribution in [0.5, 0.6) is 0 Å². The van der Waals surface area contributed by atoms with Crippen LogP contribution in [0.4, 0.5) is 0 Å². The van der Waals surface area contributed by atoms with E-state index >= 15 is 0 Å². The number of hydrogen-bond acceptors (Lipinski definition) is 2. The lowest BCUT2D eigenvalue weighted by Gasteiger charge is -2.30. The first kappa shape index (κ1) is 16.7. The lowest BCUT2D eigenvalue weighted by Crippen LogP contribution is -2.45. The van der Waals surface area contributed by atoms with Crippen molar-refractivity contribution < 1.29 is 4.79 Å². The number of likely N-dealkylation sites (tertiary alicyclic amines) is 1. The topological polar surface area (TPSA) is 32.3 Å². The van der Waals surface area contributed by atoms with Crippen LogP contribution >= 0.6 is 0 Å². The Morgan fingerprint density at radius 1 is 0.958 bits per heavy atom. The van der Waals surface area contributed by atoms with Gasteiger partial charge in [0.25, 0.3) is 0 Å². The van der Waals surface area contributed by atoms with Gasteiger partial charge in [0.15, 0.2) is 0 Å². The van der Waals surface area contributed by atoms with Crippen LogP contribution in [0.2, 0.25) is 0 Å². The van der Waals surface area contributed by atoms with Gasteiger partial charge >= 0.3 is 0 Å². The van der Waals surface area contributed by atoms with E-state index in [1.807, 2.05) is 67.6 Å². The second-order valence-electron chi connectivity index (χ2n) is 6.66. The second-order valence-corrected chi connectivity index (χ2v) is 6.66. The standard InChI is InChI=1S/C21H26N2O/c1-21(18-10-4-2-5-11-18,19-12-6-3-7-13-19)20(24)22-14-17-23-15-8-9-16-23/h2-7,10-13H,8-9,14-17H2,1H3,(H,22,24). The van der Waals surface area contributed by atoms with Gasteiger partial charge in [0.1, 0.15) is 0 Å². The van der Waals surface area contributed by atoms with Crippen molar-refractivity contribution in [2.24, 2.45) is 0 Å². The van der Waals surface area contributed by atoms with Gasteiger partial charge in [0.2, 0.25) is 5.91 Å². The first-order valence-electron chi connectivity index (χ1n) is 8.83. The summed E-state index contributed by atoms with van der Waals surface area (Å²) < 4.78 is 0. The molecule has 126 valence electrons.